The molecule has 13 heteroatoms. The summed E-state index contributed by atoms with van der Waals surface area (Å²) >= 11 is 1.50. The molecule has 48 heavy (non-hydrogen) atoms. The number of aromatic hydroxyl groups is 1. The number of nitrogens with one attached hydrogen (secondary N) is 1. The molecule has 4 fully saturated rings. The van der Waals surface area contributed by atoms with E-state index in [2.05, 4.69) is 62.2 Å². The van der Waals surface area contributed by atoms with Crippen molar-refractivity contribution in [3.63, 3.8) is 0 Å². The summed E-state index contributed by atoms with van der Waals surface area (Å²) in [5.41, 5.74) is 16.7. The topological polar surface area (TPSA) is 152 Å². The molecule has 0 saturated carbocycles. The van der Waals surface area contributed by atoms with Crippen molar-refractivity contribution in [3.05, 3.63) is 83.4 Å². The van der Waals surface area contributed by atoms with Crippen LogP contribution in [0.5, 0.6) is 5.75 Å². The first-order valence-corrected chi connectivity index (χ1v) is 17.4. The number of carbonyl (C=O) groups is 1. The number of phenols is 1. The summed E-state index contributed by atoms with van der Waals surface area (Å²) in [6, 6.07) is 21.7. The predicted molar refractivity (Wildman–Crippen MR) is 184 cm³/mol. The average molecular weight is 671 g/mol. The molecule has 252 valence electrons. The van der Waals surface area contributed by atoms with E-state index in [9.17, 15) is 9.90 Å². The molecule has 6 atom stereocenters. The summed E-state index contributed by atoms with van der Waals surface area (Å²) in [7, 11) is 0. The van der Waals surface area contributed by atoms with Gasteiger partial charge in [0.25, 0.3) is 0 Å². The van der Waals surface area contributed by atoms with E-state index in [0.717, 1.165) is 26.9 Å². The van der Waals surface area contributed by atoms with E-state index < -0.39 is 0 Å². The zero-order valence-corrected chi connectivity index (χ0v) is 27.9. The molecular weight excluding hydrogens is 629 g/mol. The number of hydrazine groups is 1. The first kappa shape index (κ1) is 31.4. The zero-order chi connectivity index (χ0) is 33.1. The molecule has 0 aliphatic carbocycles. The van der Waals surface area contributed by atoms with E-state index >= 15 is 0 Å². The van der Waals surface area contributed by atoms with Crippen LogP contribution in [0.4, 0.5) is 10.8 Å². The highest BCUT2D eigenvalue weighted by Gasteiger charge is 2.64. The molecule has 0 bridgehead atoms. The number of hydrogen-bond acceptors (Lipinski definition) is 12. The Morgan fingerprint density at radius 3 is 2.69 bits per heavy atom. The van der Waals surface area contributed by atoms with Crippen LogP contribution in [0, 0.1) is 0 Å². The molecule has 1 aromatic heterocycles. The maximum absolute atomic E-state index is 13.4. The van der Waals surface area contributed by atoms with E-state index in [0.29, 0.717) is 43.4 Å². The molecule has 4 aromatic rings. The third kappa shape index (κ3) is 6.11. The molecule has 8 rings (SSSR count). The lowest BCUT2D eigenvalue weighted by Gasteiger charge is -2.50. The van der Waals surface area contributed by atoms with Crippen molar-refractivity contribution in [2.45, 2.75) is 76.3 Å². The van der Waals surface area contributed by atoms with Crippen molar-refractivity contribution in [3.8, 4) is 5.75 Å². The summed E-state index contributed by atoms with van der Waals surface area (Å²) in [6.45, 7) is 6.98. The van der Waals surface area contributed by atoms with E-state index in [1.165, 1.54) is 11.3 Å². The van der Waals surface area contributed by atoms with Crippen LogP contribution in [0.2, 0.25) is 0 Å². The molecule has 3 aromatic carbocycles. The molecule has 5 unspecified atom stereocenters. The van der Waals surface area contributed by atoms with E-state index in [1.54, 1.807) is 6.07 Å². The van der Waals surface area contributed by atoms with Gasteiger partial charge in [-0.2, -0.15) is 0 Å². The first-order valence-electron chi connectivity index (χ1n) is 16.6. The summed E-state index contributed by atoms with van der Waals surface area (Å²) in [6.07, 6.45) is 0.413. The second-order valence-corrected chi connectivity index (χ2v) is 14.5. The van der Waals surface area contributed by atoms with Crippen molar-refractivity contribution in [1.29, 1.82) is 0 Å². The average Bonchev–Trinajstić information content (AvgIpc) is 3.99. The Morgan fingerprint density at radius 2 is 1.90 bits per heavy atom. The lowest BCUT2D eigenvalue weighted by atomic mass is 9.99. The molecule has 5 heterocycles. The van der Waals surface area contributed by atoms with E-state index in [4.69, 9.17) is 20.9 Å². The summed E-state index contributed by atoms with van der Waals surface area (Å²) in [4.78, 5) is 23.0. The monoisotopic (exact) mass is 670 g/mol. The number of epoxide rings is 2. The molecule has 6 N–H and O–H groups in total. The van der Waals surface area contributed by atoms with Crippen LogP contribution in [-0.2, 0) is 33.8 Å². The molecule has 1 amide bonds. The minimum Gasteiger partial charge on any atom is -0.506 e. The third-order valence-corrected chi connectivity index (χ3v) is 10.8. The van der Waals surface area contributed by atoms with Gasteiger partial charge in [-0.25, -0.2) is 15.0 Å². The minimum atomic E-state index is -0.0954. The Hall–Kier alpha value is -3.82. The second-order valence-electron chi connectivity index (χ2n) is 13.5. The molecule has 0 radical (unpaired) electrons. The van der Waals surface area contributed by atoms with Gasteiger partial charge >= 0.3 is 0 Å². The highest BCUT2D eigenvalue weighted by atomic mass is 32.1. The lowest BCUT2D eigenvalue weighted by molar-refractivity contribution is -0.171. The van der Waals surface area contributed by atoms with Crippen LogP contribution in [0.15, 0.2) is 66.7 Å². The van der Waals surface area contributed by atoms with Gasteiger partial charge in [-0.3, -0.25) is 14.6 Å². The lowest BCUT2D eigenvalue weighted by Crippen LogP contribution is -2.68. The molecule has 0 spiro atoms. The normalized spacial score (nSPS) is 27.0. The number of anilines is 2. The Kier molecular flexibility index (Phi) is 8.23. The van der Waals surface area contributed by atoms with Crippen LogP contribution >= 0.6 is 11.3 Å². The third-order valence-electron chi connectivity index (χ3n) is 9.92. The largest absolute Gasteiger partial charge is 0.506 e. The molecule has 4 aliphatic heterocycles. The highest BCUT2D eigenvalue weighted by molar-refractivity contribution is 7.22. The van der Waals surface area contributed by atoms with Crippen LogP contribution in [0.3, 0.4) is 0 Å². The number of phenolic OH excluding ortho intramolecular Hbond substituents is 1. The number of para-hydroxylation sites is 1. The SMILES string of the molecule is CC(C)N(CC(=O)NCc1ccccc1)N1CC2OC2N2C(Cc3ccc(O)c(N)c3)C3OC3N(Cc3cccc4sc(N)nc34)C[C@@H]21. The number of benzene rings is 3. The van der Waals surface area contributed by atoms with Crippen LogP contribution in [0.25, 0.3) is 10.2 Å². The smallest absolute Gasteiger partial charge is 0.235 e. The fourth-order valence-corrected chi connectivity index (χ4v) is 8.28. The highest BCUT2D eigenvalue weighted by Crippen LogP contribution is 2.46. The van der Waals surface area contributed by atoms with Crippen molar-refractivity contribution >= 4 is 38.3 Å². The summed E-state index contributed by atoms with van der Waals surface area (Å²) in [5.74, 6) is 0.0486. The summed E-state index contributed by atoms with van der Waals surface area (Å²) in [5, 5.41) is 18.4. The van der Waals surface area contributed by atoms with Crippen LogP contribution in [-0.4, -0.2) is 98.4 Å². The van der Waals surface area contributed by atoms with Crippen molar-refractivity contribution in [2.75, 3.05) is 31.1 Å². The number of ether oxygens (including phenoxy) is 2. The zero-order valence-electron chi connectivity index (χ0n) is 27.1. The van der Waals surface area contributed by atoms with Gasteiger partial charge in [0.15, 0.2) is 5.13 Å². The second kappa shape index (κ2) is 12.6. The van der Waals surface area contributed by atoms with Gasteiger partial charge in [-0.05, 0) is 55.2 Å². The molecule has 4 aliphatic rings. The number of nitrogens with zero attached hydrogens (tertiary/aromatic N) is 5. The van der Waals surface area contributed by atoms with E-state index in [-0.39, 0.29) is 61.1 Å². The van der Waals surface area contributed by atoms with Crippen molar-refractivity contribution < 1.29 is 19.4 Å². The minimum absolute atomic E-state index is 0.0154. The van der Waals surface area contributed by atoms with Gasteiger partial charge in [0.05, 0.1) is 28.6 Å². The van der Waals surface area contributed by atoms with Crippen molar-refractivity contribution in [2.24, 2.45) is 0 Å². The summed E-state index contributed by atoms with van der Waals surface area (Å²) < 4.78 is 13.9. The van der Waals surface area contributed by atoms with Gasteiger partial charge in [0.2, 0.25) is 5.91 Å². The van der Waals surface area contributed by atoms with Crippen molar-refractivity contribution in [1.82, 2.24) is 30.1 Å². The number of carbonyl (C=O) groups excluding carboxylic acids is 1. The molecular formula is C35H42N8O4S. The number of nitrogens with two attached hydrogens (primary N) is 2. The number of nitrogen functional groups attached to an aromatic ring is 2. The fourth-order valence-electron chi connectivity index (χ4n) is 7.49. The maximum atomic E-state index is 13.4. The standard InChI is InChI=1S/C35H42N8O4S/c1-20(2)41(18-29(45)38-15-21-7-4-3-5-8-21)42-17-27-33(46-27)43-25(14-22-11-12-26(44)24(36)13-22)32-34(47-32)40(19-30(42)43)16-23-9-6-10-28-31(23)39-35(37)48-28/h3-13,20,25,27,30,32-34,44H,14-19,36H2,1-2H3,(H2,37,39)(H,38,45)/t25?,27?,30-,32?,33?,34?/m1/s1. The number of hydrogen-bond donors (Lipinski definition) is 4. The molecule has 12 nitrogen and oxygen atoms in total. The fraction of sp³-hybridized carbons (Fsp3) is 0.429. The number of thiazole rings is 1. The quantitative estimate of drug-likeness (QED) is 0.112. The number of amides is 1. The first-order chi connectivity index (χ1) is 23.2. The van der Waals surface area contributed by atoms with Crippen LogP contribution in [0.1, 0.15) is 30.5 Å². The number of rotatable bonds is 10. The van der Waals surface area contributed by atoms with Gasteiger partial charge in [-0.1, -0.05) is 59.9 Å². The Labute approximate surface area is 283 Å². The Balaban J connectivity index is 1.11. The van der Waals surface area contributed by atoms with Gasteiger partial charge < -0.3 is 31.4 Å². The predicted octanol–water partition coefficient (Wildman–Crippen LogP) is 2.93. The Bertz CT molecular complexity index is 1810. The van der Waals surface area contributed by atoms with Crippen LogP contribution < -0.4 is 16.8 Å². The number of aromatic nitrogens is 1. The number of fused-ring (bicyclic) bond motifs is 5. The Morgan fingerprint density at radius 1 is 1.06 bits per heavy atom. The van der Waals surface area contributed by atoms with E-state index in [1.807, 2.05) is 42.5 Å². The maximum Gasteiger partial charge on any atom is 0.235 e. The molecule has 4 saturated heterocycles. The van der Waals surface area contributed by atoms with Gasteiger partial charge in [0, 0.05) is 38.3 Å². The van der Waals surface area contributed by atoms with Gasteiger partial charge in [0.1, 0.15) is 30.4 Å². The van der Waals surface area contributed by atoms with Gasteiger partial charge in [-0.15, -0.1) is 0 Å².